The van der Waals surface area contributed by atoms with Gasteiger partial charge in [-0.2, -0.15) is 0 Å². The molecule has 0 bridgehead atoms. The van der Waals surface area contributed by atoms with Crippen molar-refractivity contribution in [1.29, 1.82) is 0 Å². The molecular formula is C16H13BrFNO2. The predicted octanol–water partition coefficient (Wildman–Crippen LogP) is 2.98. The summed E-state index contributed by atoms with van der Waals surface area (Å²) in [6.45, 7) is 0. The maximum atomic E-state index is 13.5. The largest absolute Gasteiger partial charge is 0.390 e. The Bertz CT molecular complexity index is 704. The van der Waals surface area contributed by atoms with E-state index in [-0.39, 0.29) is 10.0 Å². The van der Waals surface area contributed by atoms with E-state index >= 15 is 0 Å². The van der Waals surface area contributed by atoms with Crippen molar-refractivity contribution in [3.8, 4) is 0 Å². The second-order valence-electron chi connectivity index (χ2n) is 5.02. The first kappa shape index (κ1) is 14.2. The van der Waals surface area contributed by atoms with Crippen molar-refractivity contribution in [2.24, 2.45) is 0 Å². The van der Waals surface area contributed by atoms with Gasteiger partial charge in [-0.3, -0.25) is 4.79 Å². The van der Waals surface area contributed by atoms with Crippen LogP contribution in [0.25, 0.3) is 0 Å². The quantitative estimate of drug-likeness (QED) is 0.875. The standard InChI is InChI=1S/C16H13BrFNO2/c17-14-11(6-3-7-12(14)18)16(21)19-15-10-5-2-1-4-9(10)8-13(15)20/h1-7,13,15,20H,8H2,(H,19,21)/t13-,15+/m0/s1. The molecule has 2 atom stereocenters. The topological polar surface area (TPSA) is 49.3 Å². The Morgan fingerprint density at radius 1 is 1.24 bits per heavy atom. The van der Waals surface area contributed by atoms with Crippen molar-refractivity contribution in [1.82, 2.24) is 5.32 Å². The summed E-state index contributed by atoms with van der Waals surface area (Å²) in [6.07, 6.45) is -0.162. The molecule has 0 heterocycles. The van der Waals surface area contributed by atoms with Crippen LogP contribution in [0, 0.1) is 5.82 Å². The minimum Gasteiger partial charge on any atom is -0.390 e. The maximum Gasteiger partial charge on any atom is 0.253 e. The summed E-state index contributed by atoms with van der Waals surface area (Å²) >= 11 is 3.08. The van der Waals surface area contributed by atoms with Crippen LogP contribution in [0.1, 0.15) is 27.5 Å². The first-order valence-corrected chi connectivity index (χ1v) is 7.38. The van der Waals surface area contributed by atoms with Crippen molar-refractivity contribution >= 4 is 21.8 Å². The summed E-state index contributed by atoms with van der Waals surface area (Å²) < 4.78 is 13.6. The lowest BCUT2D eigenvalue weighted by atomic mass is 10.1. The summed E-state index contributed by atoms with van der Waals surface area (Å²) in [4.78, 5) is 12.3. The van der Waals surface area contributed by atoms with Crippen molar-refractivity contribution in [3.63, 3.8) is 0 Å². The molecule has 0 saturated carbocycles. The average Bonchev–Trinajstić information content (AvgIpc) is 2.78. The smallest absolute Gasteiger partial charge is 0.253 e. The molecule has 3 rings (SSSR count). The van der Waals surface area contributed by atoms with Gasteiger partial charge >= 0.3 is 0 Å². The van der Waals surface area contributed by atoms with Gasteiger partial charge in [0.1, 0.15) is 5.82 Å². The van der Waals surface area contributed by atoms with E-state index < -0.39 is 23.9 Å². The molecule has 0 saturated heterocycles. The van der Waals surface area contributed by atoms with Crippen molar-refractivity contribution in [2.75, 3.05) is 0 Å². The van der Waals surface area contributed by atoms with Gasteiger partial charge in [0.2, 0.25) is 0 Å². The summed E-state index contributed by atoms with van der Waals surface area (Å²) in [6, 6.07) is 11.4. The highest BCUT2D eigenvalue weighted by molar-refractivity contribution is 9.10. The number of halogens is 2. The molecule has 0 unspecified atom stereocenters. The van der Waals surface area contributed by atoms with Crippen LogP contribution in [-0.4, -0.2) is 17.1 Å². The van der Waals surface area contributed by atoms with Crippen LogP contribution in [0.2, 0.25) is 0 Å². The van der Waals surface area contributed by atoms with E-state index in [2.05, 4.69) is 21.2 Å². The molecule has 0 radical (unpaired) electrons. The Kier molecular flexibility index (Phi) is 3.78. The number of hydrogen-bond donors (Lipinski definition) is 2. The minimum absolute atomic E-state index is 0.128. The fourth-order valence-electron chi connectivity index (χ4n) is 2.65. The monoisotopic (exact) mass is 349 g/mol. The Balaban J connectivity index is 1.87. The van der Waals surface area contributed by atoms with Crippen LogP contribution in [-0.2, 0) is 6.42 Å². The third kappa shape index (κ3) is 2.59. The first-order chi connectivity index (χ1) is 10.1. The van der Waals surface area contributed by atoms with Crippen LogP contribution >= 0.6 is 15.9 Å². The highest BCUT2D eigenvalue weighted by atomic mass is 79.9. The van der Waals surface area contributed by atoms with Gasteiger partial charge in [0.25, 0.3) is 5.91 Å². The lowest BCUT2D eigenvalue weighted by molar-refractivity contribution is 0.0857. The highest BCUT2D eigenvalue weighted by Gasteiger charge is 2.32. The minimum atomic E-state index is -0.668. The fraction of sp³-hybridized carbons (Fsp3) is 0.188. The molecule has 0 aliphatic heterocycles. The van der Waals surface area contributed by atoms with E-state index in [0.717, 1.165) is 11.1 Å². The molecule has 0 spiro atoms. The van der Waals surface area contributed by atoms with E-state index in [1.807, 2.05) is 24.3 Å². The zero-order chi connectivity index (χ0) is 15.0. The molecule has 2 N–H and O–H groups in total. The number of carbonyl (C=O) groups is 1. The molecule has 3 nitrogen and oxygen atoms in total. The van der Waals surface area contributed by atoms with Gasteiger partial charge in [-0.25, -0.2) is 4.39 Å². The molecule has 2 aromatic carbocycles. The number of rotatable bonds is 2. The van der Waals surface area contributed by atoms with Gasteiger partial charge in [-0.1, -0.05) is 30.3 Å². The molecular weight excluding hydrogens is 337 g/mol. The molecule has 108 valence electrons. The SMILES string of the molecule is O=C(N[C@@H]1c2ccccc2C[C@@H]1O)c1cccc(F)c1Br. The summed E-state index contributed by atoms with van der Waals surface area (Å²) in [5.74, 6) is -0.905. The van der Waals surface area contributed by atoms with E-state index in [1.54, 1.807) is 0 Å². The van der Waals surface area contributed by atoms with Gasteiger partial charge in [0, 0.05) is 6.42 Å². The third-order valence-electron chi connectivity index (χ3n) is 3.69. The fourth-order valence-corrected chi connectivity index (χ4v) is 3.09. The van der Waals surface area contributed by atoms with Gasteiger partial charge < -0.3 is 10.4 Å². The molecule has 1 amide bonds. The number of amides is 1. The van der Waals surface area contributed by atoms with Gasteiger partial charge in [0.15, 0.2) is 0 Å². The zero-order valence-electron chi connectivity index (χ0n) is 11.0. The maximum absolute atomic E-state index is 13.5. The number of nitrogens with one attached hydrogen (secondary N) is 1. The second kappa shape index (κ2) is 5.58. The number of carbonyl (C=O) groups excluding carboxylic acids is 1. The van der Waals surface area contributed by atoms with Gasteiger partial charge in [0.05, 0.1) is 22.2 Å². The average molecular weight is 350 g/mol. The summed E-state index contributed by atoms with van der Waals surface area (Å²) in [5.41, 5.74) is 2.14. The molecule has 0 fully saturated rings. The van der Waals surface area contributed by atoms with Crippen LogP contribution in [0.5, 0.6) is 0 Å². The number of fused-ring (bicyclic) bond motifs is 1. The van der Waals surface area contributed by atoms with Crippen molar-refractivity contribution in [3.05, 3.63) is 69.4 Å². The zero-order valence-corrected chi connectivity index (χ0v) is 12.6. The molecule has 1 aliphatic carbocycles. The molecule has 5 heteroatoms. The van der Waals surface area contributed by atoms with Gasteiger partial charge in [-0.15, -0.1) is 0 Å². The summed E-state index contributed by atoms with van der Waals surface area (Å²) in [5, 5.41) is 12.9. The van der Waals surface area contributed by atoms with Gasteiger partial charge in [-0.05, 0) is 39.2 Å². The Morgan fingerprint density at radius 2 is 2.00 bits per heavy atom. The van der Waals surface area contributed by atoms with E-state index in [0.29, 0.717) is 6.42 Å². The Morgan fingerprint density at radius 3 is 2.81 bits per heavy atom. The lowest BCUT2D eigenvalue weighted by Gasteiger charge is -2.18. The molecule has 0 aromatic heterocycles. The number of aliphatic hydroxyl groups is 1. The summed E-state index contributed by atoms with van der Waals surface area (Å²) in [7, 11) is 0. The Labute approximate surface area is 129 Å². The van der Waals surface area contributed by atoms with Crippen molar-refractivity contribution in [2.45, 2.75) is 18.6 Å². The third-order valence-corrected chi connectivity index (χ3v) is 4.49. The number of aliphatic hydroxyl groups excluding tert-OH is 1. The number of benzene rings is 2. The number of hydrogen-bond acceptors (Lipinski definition) is 2. The van der Waals surface area contributed by atoms with Crippen LogP contribution in [0.15, 0.2) is 46.9 Å². The molecule has 21 heavy (non-hydrogen) atoms. The van der Waals surface area contributed by atoms with E-state index in [9.17, 15) is 14.3 Å². The van der Waals surface area contributed by atoms with Crippen molar-refractivity contribution < 1.29 is 14.3 Å². The van der Waals surface area contributed by atoms with Crippen LogP contribution in [0.3, 0.4) is 0 Å². The van der Waals surface area contributed by atoms with Crippen LogP contribution < -0.4 is 5.32 Å². The lowest BCUT2D eigenvalue weighted by Crippen LogP contribution is -2.34. The Hall–Kier alpha value is -1.72. The van der Waals surface area contributed by atoms with E-state index in [4.69, 9.17) is 0 Å². The molecule has 2 aromatic rings. The second-order valence-corrected chi connectivity index (χ2v) is 5.82. The molecule has 1 aliphatic rings. The van der Waals surface area contributed by atoms with E-state index in [1.165, 1.54) is 18.2 Å². The predicted molar refractivity (Wildman–Crippen MR) is 80.5 cm³/mol. The van der Waals surface area contributed by atoms with Crippen LogP contribution in [0.4, 0.5) is 4.39 Å². The normalized spacial score (nSPS) is 20.1. The highest BCUT2D eigenvalue weighted by Crippen LogP contribution is 2.32. The first-order valence-electron chi connectivity index (χ1n) is 6.58.